The normalized spacial score (nSPS) is 15.4. The number of likely N-dealkylation sites (tertiary alicyclic amines) is 1. The van der Waals surface area contributed by atoms with E-state index in [9.17, 15) is 9.59 Å². The van der Waals surface area contributed by atoms with Gasteiger partial charge in [0.25, 0.3) is 0 Å². The highest BCUT2D eigenvalue weighted by molar-refractivity contribution is 7.99. The average molecular weight is 478 g/mol. The van der Waals surface area contributed by atoms with Gasteiger partial charge in [0.2, 0.25) is 11.7 Å². The fourth-order valence-corrected chi connectivity index (χ4v) is 5.35. The molecular formula is C24H23N5O4S. The lowest BCUT2D eigenvalue weighted by Gasteiger charge is -2.18. The van der Waals surface area contributed by atoms with E-state index in [4.69, 9.17) is 9.47 Å². The first-order valence-corrected chi connectivity index (χ1v) is 12.3. The number of nitrogens with zero attached hydrogens (tertiary/aromatic N) is 5. The number of amides is 1. The van der Waals surface area contributed by atoms with E-state index >= 15 is 0 Å². The zero-order chi connectivity index (χ0) is 23.1. The molecule has 0 spiro atoms. The summed E-state index contributed by atoms with van der Waals surface area (Å²) in [6, 6.07) is 13.1. The van der Waals surface area contributed by atoms with Crippen LogP contribution in [-0.4, -0.2) is 67.8 Å². The van der Waals surface area contributed by atoms with Gasteiger partial charge >= 0.3 is 0 Å². The van der Waals surface area contributed by atoms with E-state index in [2.05, 4.69) is 10.2 Å². The van der Waals surface area contributed by atoms with Gasteiger partial charge in [0.05, 0.1) is 16.8 Å². The SMILES string of the molecule is O=C(CSc1nnc2n(CC(=O)N3CCCC3)c3ccccc3n12)c1ccc2c(c1)OCCO2. The molecule has 10 heteroatoms. The molecule has 6 rings (SSSR count). The fraction of sp³-hybridized carbons (Fsp3) is 0.333. The van der Waals surface area contributed by atoms with Crippen LogP contribution in [-0.2, 0) is 11.3 Å². The molecule has 2 aliphatic rings. The van der Waals surface area contributed by atoms with Crippen LogP contribution < -0.4 is 9.47 Å². The van der Waals surface area contributed by atoms with Gasteiger partial charge in [-0.3, -0.25) is 18.6 Å². The monoisotopic (exact) mass is 477 g/mol. The zero-order valence-corrected chi connectivity index (χ0v) is 19.3. The second-order valence-corrected chi connectivity index (χ2v) is 9.29. The minimum absolute atomic E-state index is 0.0355. The lowest BCUT2D eigenvalue weighted by molar-refractivity contribution is -0.130. The summed E-state index contributed by atoms with van der Waals surface area (Å²) in [5, 5.41) is 9.34. The number of fused-ring (bicyclic) bond motifs is 4. The van der Waals surface area contributed by atoms with Crippen molar-refractivity contribution in [3.05, 3.63) is 48.0 Å². The maximum Gasteiger partial charge on any atom is 0.242 e. The topological polar surface area (TPSA) is 91.0 Å². The van der Waals surface area contributed by atoms with E-state index in [1.807, 2.05) is 38.1 Å². The summed E-state index contributed by atoms with van der Waals surface area (Å²) < 4.78 is 15.0. The van der Waals surface area contributed by atoms with Gasteiger partial charge in [-0.15, -0.1) is 10.2 Å². The zero-order valence-electron chi connectivity index (χ0n) is 18.5. The molecule has 0 aliphatic carbocycles. The van der Waals surface area contributed by atoms with E-state index in [0.717, 1.165) is 37.0 Å². The Balaban J connectivity index is 1.27. The van der Waals surface area contributed by atoms with Gasteiger partial charge in [0, 0.05) is 18.7 Å². The van der Waals surface area contributed by atoms with Crippen LogP contribution >= 0.6 is 11.8 Å². The maximum atomic E-state index is 12.9. The quantitative estimate of drug-likeness (QED) is 0.311. The van der Waals surface area contributed by atoms with E-state index in [1.165, 1.54) is 11.8 Å². The predicted octanol–water partition coefficient (Wildman–Crippen LogP) is 3.05. The number of para-hydroxylation sites is 2. The first-order valence-electron chi connectivity index (χ1n) is 11.3. The molecular weight excluding hydrogens is 454 g/mol. The molecule has 34 heavy (non-hydrogen) atoms. The minimum atomic E-state index is -0.0355. The number of thioether (sulfide) groups is 1. The largest absolute Gasteiger partial charge is 0.486 e. The Bertz CT molecular complexity index is 1410. The Kier molecular flexibility index (Phi) is 5.37. The van der Waals surface area contributed by atoms with Crippen LogP contribution in [0.4, 0.5) is 0 Å². The molecule has 1 amide bonds. The highest BCUT2D eigenvalue weighted by Gasteiger charge is 2.23. The Labute approximate surface area is 199 Å². The Morgan fingerprint density at radius 1 is 0.941 bits per heavy atom. The number of Topliss-reactive ketones (excluding diaryl/α,β-unsaturated/α-hetero) is 1. The van der Waals surface area contributed by atoms with Gasteiger partial charge < -0.3 is 14.4 Å². The van der Waals surface area contributed by atoms with Crippen molar-refractivity contribution in [2.24, 2.45) is 0 Å². The molecule has 2 aliphatic heterocycles. The molecule has 1 saturated heterocycles. The molecule has 4 heterocycles. The number of imidazole rings is 1. The molecule has 0 atom stereocenters. The predicted molar refractivity (Wildman–Crippen MR) is 127 cm³/mol. The molecule has 0 unspecified atom stereocenters. The van der Waals surface area contributed by atoms with Gasteiger partial charge in [-0.1, -0.05) is 23.9 Å². The van der Waals surface area contributed by atoms with E-state index in [0.29, 0.717) is 41.2 Å². The molecule has 0 N–H and O–H groups in total. The van der Waals surface area contributed by atoms with Gasteiger partial charge in [-0.2, -0.15) is 0 Å². The lowest BCUT2D eigenvalue weighted by atomic mass is 10.1. The molecule has 4 aromatic rings. The summed E-state index contributed by atoms with van der Waals surface area (Å²) in [5.74, 6) is 2.11. The van der Waals surface area contributed by atoms with Crippen molar-refractivity contribution < 1.29 is 19.1 Å². The van der Waals surface area contributed by atoms with Gasteiger partial charge in [0.15, 0.2) is 22.4 Å². The van der Waals surface area contributed by atoms with Gasteiger partial charge in [0.1, 0.15) is 19.8 Å². The van der Waals surface area contributed by atoms with Crippen LogP contribution in [0.15, 0.2) is 47.6 Å². The molecule has 2 aromatic heterocycles. The average Bonchev–Trinajstić information content (AvgIpc) is 3.61. The number of carbonyl (C=O) groups excluding carboxylic acids is 2. The summed E-state index contributed by atoms with van der Waals surface area (Å²) in [5.41, 5.74) is 2.39. The number of rotatable bonds is 6. The fourth-order valence-electron chi connectivity index (χ4n) is 4.52. The Morgan fingerprint density at radius 3 is 2.53 bits per heavy atom. The Hall–Kier alpha value is -3.53. The van der Waals surface area contributed by atoms with Gasteiger partial charge in [-0.05, 0) is 43.2 Å². The van der Waals surface area contributed by atoms with Crippen molar-refractivity contribution in [2.45, 2.75) is 24.5 Å². The van der Waals surface area contributed by atoms with Crippen LogP contribution in [0.5, 0.6) is 11.5 Å². The molecule has 0 radical (unpaired) electrons. The van der Waals surface area contributed by atoms with E-state index in [1.54, 1.807) is 18.2 Å². The molecule has 0 saturated carbocycles. The second-order valence-electron chi connectivity index (χ2n) is 8.35. The van der Waals surface area contributed by atoms with Crippen molar-refractivity contribution in [1.82, 2.24) is 24.1 Å². The van der Waals surface area contributed by atoms with Crippen molar-refractivity contribution >= 4 is 40.3 Å². The molecule has 1 fully saturated rings. The van der Waals surface area contributed by atoms with Crippen LogP contribution in [0.2, 0.25) is 0 Å². The van der Waals surface area contributed by atoms with Crippen molar-refractivity contribution in [2.75, 3.05) is 32.1 Å². The van der Waals surface area contributed by atoms with Crippen molar-refractivity contribution in [3.63, 3.8) is 0 Å². The smallest absolute Gasteiger partial charge is 0.242 e. The molecule has 9 nitrogen and oxygen atoms in total. The molecule has 2 aromatic carbocycles. The summed E-state index contributed by atoms with van der Waals surface area (Å²) in [7, 11) is 0. The third-order valence-electron chi connectivity index (χ3n) is 6.22. The number of ether oxygens (including phenoxy) is 2. The minimum Gasteiger partial charge on any atom is -0.486 e. The van der Waals surface area contributed by atoms with Crippen molar-refractivity contribution in [3.8, 4) is 11.5 Å². The highest BCUT2D eigenvalue weighted by atomic mass is 32.2. The van der Waals surface area contributed by atoms with Crippen LogP contribution in [0.1, 0.15) is 23.2 Å². The number of hydrogen-bond donors (Lipinski definition) is 0. The summed E-state index contributed by atoms with van der Waals surface area (Å²) in [6.45, 7) is 2.82. The summed E-state index contributed by atoms with van der Waals surface area (Å²) >= 11 is 1.33. The summed E-state index contributed by atoms with van der Waals surface area (Å²) in [4.78, 5) is 27.7. The van der Waals surface area contributed by atoms with Crippen LogP contribution in [0.25, 0.3) is 16.8 Å². The molecule has 174 valence electrons. The third kappa shape index (κ3) is 3.67. The Morgan fingerprint density at radius 2 is 1.71 bits per heavy atom. The lowest BCUT2D eigenvalue weighted by Crippen LogP contribution is -2.31. The number of benzene rings is 2. The summed E-state index contributed by atoms with van der Waals surface area (Å²) in [6.07, 6.45) is 2.10. The van der Waals surface area contributed by atoms with Crippen molar-refractivity contribution in [1.29, 1.82) is 0 Å². The van der Waals surface area contributed by atoms with Crippen LogP contribution in [0, 0.1) is 0 Å². The van der Waals surface area contributed by atoms with E-state index < -0.39 is 0 Å². The standard InChI is InChI=1S/C24H23N5O4S/c30-19(16-7-8-20-21(13-16)33-12-11-32-20)15-34-24-26-25-23-28(14-22(31)27-9-3-4-10-27)17-5-1-2-6-18(17)29(23)24/h1-2,5-8,13H,3-4,9-12,14-15H2. The van der Waals surface area contributed by atoms with Gasteiger partial charge in [-0.25, -0.2) is 0 Å². The number of carbonyl (C=O) groups is 2. The number of hydrogen-bond acceptors (Lipinski definition) is 7. The van der Waals surface area contributed by atoms with E-state index in [-0.39, 0.29) is 24.0 Å². The second kappa shape index (κ2) is 8.68. The number of aromatic nitrogens is 4. The maximum absolute atomic E-state index is 12.9. The highest BCUT2D eigenvalue weighted by Crippen LogP contribution is 2.32. The first-order chi connectivity index (χ1) is 16.7. The molecule has 0 bridgehead atoms. The van der Waals surface area contributed by atoms with Crippen LogP contribution in [0.3, 0.4) is 0 Å². The number of ketones is 1. The third-order valence-corrected chi connectivity index (χ3v) is 7.15. The first kappa shape index (κ1) is 21.0.